The Balaban J connectivity index is 1.76. The van der Waals surface area contributed by atoms with Crippen molar-refractivity contribution in [3.8, 4) is 0 Å². The van der Waals surface area contributed by atoms with Crippen LogP contribution in [0.4, 0.5) is 0 Å². The maximum atomic E-state index is 11.6. The lowest BCUT2D eigenvalue weighted by atomic mass is 10.0. The maximum absolute atomic E-state index is 11.6. The Morgan fingerprint density at radius 3 is 1.96 bits per heavy atom. The van der Waals surface area contributed by atoms with Crippen molar-refractivity contribution in [1.29, 1.82) is 0 Å². The molecule has 1 fully saturated rings. The summed E-state index contributed by atoms with van der Waals surface area (Å²) < 4.78 is 15.3. The van der Waals surface area contributed by atoms with Gasteiger partial charge in [0.15, 0.2) is 0 Å². The normalized spacial score (nSPS) is 18.4. The van der Waals surface area contributed by atoms with Crippen molar-refractivity contribution in [3.63, 3.8) is 0 Å². The molecule has 0 saturated heterocycles. The molecule has 0 heterocycles. The Labute approximate surface area is 174 Å². The number of hydrogen-bond donors (Lipinski definition) is 0. The van der Waals surface area contributed by atoms with E-state index >= 15 is 0 Å². The first kappa shape index (κ1) is 25.4. The summed E-state index contributed by atoms with van der Waals surface area (Å²) in [5.74, 6) is 2.00. The molecule has 0 aromatic rings. The highest BCUT2D eigenvalue weighted by atomic mass is 16.6. The lowest BCUT2D eigenvalue weighted by Crippen LogP contribution is -2.12. The predicted molar refractivity (Wildman–Crippen MR) is 116 cm³/mol. The van der Waals surface area contributed by atoms with Gasteiger partial charge in [-0.25, -0.2) is 0 Å². The van der Waals surface area contributed by atoms with E-state index in [1.165, 1.54) is 77.0 Å². The second kappa shape index (κ2) is 18.4. The van der Waals surface area contributed by atoms with Crippen LogP contribution in [0.1, 0.15) is 103 Å². The van der Waals surface area contributed by atoms with E-state index in [1.54, 1.807) is 7.11 Å². The first-order valence-electron chi connectivity index (χ1n) is 12.0. The smallest absolute Gasteiger partial charge is 0.305 e. The molecular formula is C24H46O4. The van der Waals surface area contributed by atoms with E-state index in [-0.39, 0.29) is 5.97 Å². The Kier molecular flexibility index (Phi) is 16.7. The molecule has 166 valence electrons. The number of hydrogen-bond acceptors (Lipinski definition) is 4. The minimum absolute atomic E-state index is 0.0918. The first-order valence-corrected chi connectivity index (χ1v) is 12.0. The summed E-state index contributed by atoms with van der Waals surface area (Å²) in [5, 5.41) is 0. The van der Waals surface area contributed by atoms with Gasteiger partial charge in [-0.3, -0.25) is 4.79 Å². The van der Waals surface area contributed by atoms with E-state index < -0.39 is 0 Å². The molecule has 0 bridgehead atoms. The number of unbranched alkanes of at least 4 members (excludes halogenated alkanes) is 9. The zero-order valence-electron chi connectivity index (χ0n) is 18.7. The molecule has 0 aromatic heterocycles. The molecule has 4 nitrogen and oxygen atoms in total. The summed E-state index contributed by atoms with van der Waals surface area (Å²) in [6, 6.07) is 0. The van der Waals surface area contributed by atoms with Crippen molar-refractivity contribution >= 4 is 5.97 Å². The number of carbonyl (C=O) groups excluding carboxylic acids is 1. The third kappa shape index (κ3) is 15.3. The van der Waals surface area contributed by atoms with Crippen LogP contribution in [-0.4, -0.2) is 39.5 Å². The molecule has 2 unspecified atom stereocenters. The number of methoxy groups -OCH3 is 1. The Morgan fingerprint density at radius 1 is 0.750 bits per heavy atom. The van der Waals surface area contributed by atoms with Crippen LogP contribution in [0.5, 0.6) is 0 Å². The van der Waals surface area contributed by atoms with Crippen molar-refractivity contribution in [2.75, 3.05) is 33.5 Å². The zero-order valence-corrected chi connectivity index (χ0v) is 18.7. The largest absolute Gasteiger partial charge is 0.463 e. The molecule has 1 rings (SSSR count). The van der Waals surface area contributed by atoms with E-state index in [9.17, 15) is 4.79 Å². The SMILES string of the molecule is CCCCCCCCC1CC1CCCCCCCC(=O)OCCOCCOC. The molecule has 0 N–H and O–H groups in total. The third-order valence-electron chi connectivity index (χ3n) is 5.88. The van der Waals surface area contributed by atoms with Crippen molar-refractivity contribution in [2.45, 2.75) is 103 Å². The summed E-state index contributed by atoms with van der Waals surface area (Å²) in [6.45, 7) is 4.22. The van der Waals surface area contributed by atoms with E-state index in [0.717, 1.165) is 24.7 Å². The Bertz CT molecular complexity index is 359. The van der Waals surface area contributed by atoms with E-state index in [1.807, 2.05) is 0 Å². The summed E-state index contributed by atoms with van der Waals surface area (Å²) in [5.41, 5.74) is 0. The molecule has 1 aliphatic rings. The number of rotatable bonds is 21. The van der Waals surface area contributed by atoms with Gasteiger partial charge in [-0.2, -0.15) is 0 Å². The highest BCUT2D eigenvalue weighted by molar-refractivity contribution is 5.69. The van der Waals surface area contributed by atoms with Gasteiger partial charge in [0.05, 0.1) is 19.8 Å². The summed E-state index contributed by atoms with van der Waals surface area (Å²) in [4.78, 5) is 11.6. The Morgan fingerprint density at radius 2 is 1.32 bits per heavy atom. The van der Waals surface area contributed by atoms with Gasteiger partial charge in [0.2, 0.25) is 0 Å². The quantitative estimate of drug-likeness (QED) is 0.168. The van der Waals surface area contributed by atoms with E-state index in [4.69, 9.17) is 14.2 Å². The highest BCUT2D eigenvalue weighted by Crippen LogP contribution is 2.45. The van der Waals surface area contributed by atoms with Gasteiger partial charge in [-0.1, -0.05) is 84.0 Å². The summed E-state index contributed by atoms with van der Waals surface area (Å²) in [6.07, 6.45) is 19.6. The molecule has 0 aliphatic heterocycles. The van der Waals surface area contributed by atoms with Crippen LogP contribution in [0.15, 0.2) is 0 Å². The van der Waals surface area contributed by atoms with Gasteiger partial charge in [-0.05, 0) is 24.7 Å². The molecule has 1 saturated carbocycles. The average molecular weight is 399 g/mol. The average Bonchev–Trinajstić information content (AvgIpc) is 3.44. The van der Waals surface area contributed by atoms with Gasteiger partial charge >= 0.3 is 5.97 Å². The first-order chi connectivity index (χ1) is 13.8. The van der Waals surface area contributed by atoms with Crippen LogP contribution in [0.3, 0.4) is 0 Å². The molecule has 0 amide bonds. The van der Waals surface area contributed by atoms with Crippen LogP contribution in [0, 0.1) is 11.8 Å². The van der Waals surface area contributed by atoms with E-state index in [0.29, 0.717) is 32.8 Å². The second-order valence-electron chi connectivity index (χ2n) is 8.44. The molecule has 0 radical (unpaired) electrons. The molecular weight excluding hydrogens is 352 g/mol. The standard InChI is InChI=1S/C24H46O4/c1-3-4-5-6-8-11-14-22-21-23(22)15-12-9-7-10-13-16-24(25)28-20-19-27-18-17-26-2/h22-23H,3-21H2,1-2H3. The maximum Gasteiger partial charge on any atom is 0.305 e. The summed E-state index contributed by atoms with van der Waals surface area (Å²) >= 11 is 0. The fourth-order valence-electron chi connectivity index (χ4n) is 3.94. The zero-order chi connectivity index (χ0) is 20.3. The lowest BCUT2D eigenvalue weighted by molar-refractivity contribution is -0.145. The fourth-order valence-corrected chi connectivity index (χ4v) is 3.94. The van der Waals surface area contributed by atoms with Crippen LogP contribution < -0.4 is 0 Å². The monoisotopic (exact) mass is 398 g/mol. The van der Waals surface area contributed by atoms with Crippen LogP contribution in [0.25, 0.3) is 0 Å². The van der Waals surface area contributed by atoms with Gasteiger partial charge < -0.3 is 14.2 Å². The third-order valence-corrected chi connectivity index (χ3v) is 5.88. The highest BCUT2D eigenvalue weighted by Gasteiger charge is 2.34. The number of carbonyl (C=O) groups is 1. The Hall–Kier alpha value is -0.610. The minimum atomic E-state index is -0.0918. The molecule has 4 heteroatoms. The van der Waals surface area contributed by atoms with Gasteiger partial charge in [0.1, 0.15) is 6.61 Å². The van der Waals surface area contributed by atoms with Crippen LogP contribution >= 0.6 is 0 Å². The van der Waals surface area contributed by atoms with Crippen molar-refractivity contribution < 1.29 is 19.0 Å². The van der Waals surface area contributed by atoms with E-state index in [2.05, 4.69) is 6.92 Å². The van der Waals surface area contributed by atoms with Crippen LogP contribution in [-0.2, 0) is 19.0 Å². The molecule has 28 heavy (non-hydrogen) atoms. The van der Waals surface area contributed by atoms with Crippen molar-refractivity contribution in [3.05, 3.63) is 0 Å². The molecule has 0 aromatic carbocycles. The summed E-state index contributed by atoms with van der Waals surface area (Å²) in [7, 11) is 1.64. The molecule has 1 aliphatic carbocycles. The van der Waals surface area contributed by atoms with Gasteiger partial charge in [-0.15, -0.1) is 0 Å². The fraction of sp³-hybridized carbons (Fsp3) is 0.958. The predicted octanol–water partition coefficient (Wildman–Crippen LogP) is 6.31. The number of ether oxygens (including phenoxy) is 3. The second-order valence-corrected chi connectivity index (χ2v) is 8.44. The minimum Gasteiger partial charge on any atom is -0.463 e. The lowest BCUT2D eigenvalue weighted by Gasteiger charge is -2.06. The molecule has 0 spiro atoms. The number of esters is 1. The van der Waals surface area contributed by atoms with Crippen molar-refractivity contribution in [2.24, 2.45) is 11.8 Å². The van der Waals surface area contributed by atoms with Crippen molar-refractivity contribution in [1.82, 2.24) is 0 Å². The van der Waals surface area contributed by atoms with Gasteiger partial charge in [0.25, 0.3) is 0 Å². The molecule has 2 atom stereocenters. The van der Waals surface area contributed by atoms with Gasteiger partial charge in [0, 0.05) is 13.5 Å². The topological polar surface area (TPSA) is 44.8 Å². The van der Waals surface area contributed by atoms with Crippen LogP contribution in [0.2, 0.25) is 0 Å².